The van der Waals surface area contributed by atoms with Crippen LogP contribution < -0.4 is 5.32 Å². The third-order valence-electron chi connectivity index (χ3n) is 3.81. The number of anilines is 1. The molecule has 2 rings (SSSR count). The minimum Gasteiger partial charge on any atom is -0.478 e. The highest BCUT2D eigenvalue weighted by Gasteiger charge is 2.21. The molecule has 0 saturated heterocycles. The molecule has 0 bridgehead atoms. The van der Waals surface area contributed by atoms with Crippen molar-refractivity contribution in [3.63, 3.8) is 0 Å². The number of rotatable bonds is 9. The number of amides is 1. The maximum absolute atomic E-state index is 12.1. The molecule has 0 aromatic carbocycles. The van der Waals surface area contributed by atoms with Gasteiger partial charge in [0.1, 0.15) is 5.00 Å². The summed E-state index contributed by atoms with van der Waals surface area (Å²) in [7, 11) is 0. The number of carbonyl (C=O) groups excluding carboxylic acids is 1. The molecule has 2 heterocycles. The molecule has 0 atom stereocenters. The molecule has 0 unspecified atom stereocenters. The zero-order chi connectivity index (χ0) is 18.4. The van der Waals surface area contributed by atoms with Crippen LogP contribution in [0.25, 0.3) is 0 Å². The van der Waals surface area contributed by atoms with Gasteiger partial charge in [-0.3, -0.25) is 4.79 Å². The molecule has 0 aliphatic rings. The molecule has 0 radical (unpaired) electrons. The van der Waals surface area contributed by atoms with Gasteiger partial charge >= 0.3 is 5.97 Å². The summed E-state index contributed by atoms with van der Waals surface area (Å²) in [6.45, 7) is 5.82. The molecule has 1 amide bonds. The van der Waals surface area contributed by atoms with Crippen molar-refractivity contribution in [2.45, 2.75) is 59.3 Å². The average molecular weight is 365 g/mol. The first kappa shape index (κ1) is 19.1. The number of thiophene rings is 1. The molecule has 0 saturated carbocycles. The third-order valence-corrected chi connectivity index (χ3v) is 4.87. The number of carbonyl (C=O) groups is 2. The molecule has 2 aromatic heterocycles. The van der Waals surface area contributed by atoms with Crippen molar-refractivity contribution in [3.05, 3.63) is 27.7 Å². The predicted molar refractivity (Wildman–Crippen MR) is 95.3 cm³/mol. The summed E-state index contributed by atoms with van der Waals surface area (Å²) in [5.41, 5.74) is 0.988. The number of aryl methyl sites for hydroxylation is 3. The molecule has 0 fully saturated rings. The first-order valence-corrected chi connectivity index (χ1v) is 9.24. The van der Waals surface area contributed by atoms with Crippen molar-refractivity contribution in [1.29, 1.82) is 0 Å². The fourth-order valence-electron chi connectivity index (χ4n) is 2.62. The number of aromatic nitrogens is 2. The zero-order valence-corrected chi connectivity index (χ0v) is 15.5. The van der Waals surface area contributed by atoms with Crippen molar-refractivity contribution in [3.8, 4) is 0 Å². The summed E-state index contributed by atoms with van der Waals surface area (Å²) in [6, 6.07) is 0. The summed E-state index contributed by atoms with van der Waals surface area (Å²) in [4.78, 5) is 28.8. The second-order valence-corrected chi connectivity index (χ2v) is 6.98. The van der Waals surface area contributed by atoms with Crippen molar-refractivity contribution in [1.82, 2.24) is 10.1 Å². The molecule has 136 valence electrons. The third kappa shape index (κ3) is 4.88. The Morgan fingerprint density at radius 3 is 2.68 bits per heavy atom. The van der Waals surface area contributed by atoms with Crippen LogP contribution in [0, 0.1) is 6.92 Å². The van der Waals surface area contributed by atoms with E-state index in [0.717, 1.165) is 23.3 Å². The van der Waals surface area contributed by atoms with Crippen molar-refractivity contribution >= 4 is 28.2 Å². The quantitative estimate of drug-likeness (QED) is 0.703. The van der Waals surface area contributed by atoms with Crippen LogP contribution >= 0.6 is 11.3 Å². The van der Waals surface area contributed by atoms with Crippen LogP contribution in [0.15, 0.2) is 4.52 Å². The maximum atomic E-state index is 12.1. The van der Waals surface area contributed by atoms with Crippen LogP contribution in [-0.2, 0) is 24.1 Å². The minimum absolute atomic E-state index is 0.208. The number of carboxylic acids is 1. The maximum Gasteiger partial charge on any atom is 0.339 e. The van der Waals surface area contributed by atoms with E-state index in [1.807, 2.05) is 20.8 Å². The highest BCUT2D eigenvalue weighted by molar-refractivity contribution is 7.16. The van der Waals surface area contributed by atoms with Crippen LogP contribution in [0.2, 0.25) is 0 Å². The Labute approximate surface area is 150 Å². The molecular formula is C17H23N3O4S. The lowest BCUT2D eigenvalue weighted by atomic mass is 10.1. The Morgan fingerprint density at radius 2 is 2.04 bits per heavy atom. The van der Waals surface area contributed by atoms with Crippen LogP contribution in [0.5, 0.6) is 0 Å². The van der Waals surface area contributed by atoms with Crippen molar-refractivity contribution in [2.75, 3.05) is 5.32 Å². The highest BCUT2D eigenvalue weighted by Crippen LogP contribution is 2.33. The number of aromatic carboxylic acids is 1. The molecule has 0 aliphatic carbocycles. The fourth-order valence-corrected chi connectivity index (χ4v) is 3.78. The smallest absolute Gasteiger partial charge is 0.339 e. The molecule has 2 N–H and O–H groups in total. The van der Waals surface area contributed by atoms with Gasteiger partial charge in [-0.15, -0.1) is 11.3 Å². The van der Waals surface area contributed by atoms with E-state index in [1.165, 1.54) is 11.3 Å². The van der Waals surface area contributed by atoms with Gasteiger partial charge < -0.3 is 14.9 Å². The Balaban J connectivity index is 1.91. The Kier molecular flexibility index (Phi) is 6.69. The Bertz CT molecular complexity index is 751. The van der Waals surface area contributed by atoms with Crippen LogP contribution in [0.4, 0.5) is 5.00 Å². The van der Waals surface area contributed by atoms with E-state index >= 15 is 0 Å². The first-order chi connectivity index (χ1) is 12.0. The molecule has 7 nitrogen and oxygen atoms in total. The topological polar surface area (TPSA) is 105 Å². The average Bonchev–Trinajstić information content (AvgIpc) is 3.11. The number of hydrogen-bond donors (Lipinski definition) is 2. The minimum atomic E-state index is -1.01. The Hall–Kier alpha value is -2.22. The van der Waals surface area contributed by atoms with Gasteiger partial charge in [-0.25, -0.2) is 4.79 Å². The highest BCUT2D eigenvalue weighted by atomic mass is 32.1. The lowest BCUT2D eigenvalue weighted by molar-refractivity contribution is -0.116. The zero-order valence-electron chi connectivity index (χ0n) is 14.7. The lowest BCUT2D eigenvalue weighted by Gasteiger charge is -2.04. The Morgan fingerprint density at radius 1 is 1.28 bits per heavy atom. The summed E-state index contributed by atoms with van der Waals surface area (Å²) in [5, 5.41) is 16.4. The van der Waals surface area contributed by atoms with Crippen molar-refractivity contribution < 1.29 is 19.2 Å². The van der Waals surface area contributed by atoms with Gasteiger partial charge in [0.2, 0.25) is 11.8 Å². The fraction of sp³-hybridized carbons (Fsp3) is 0.529. The molecular weight excluding hydrogens is 342 g/mol. The summed E-state index contributed by atoms with van der Waals surface area (Å²) >= 11 is 1.31. The van der Waals surface area contributed by atoms with Gasteiger partial charge in [0.05, 0.1) is 5.56 Å². The SMILES string of the molecule is CCCc1noc(CCCC(=O)Nc2sc(C)c(CC)c2C(=O)O)n1. The van der Waals surface area contributed by atoms with E-state index in [9.17, 15) is 14.7 Å². The van der Waals surface area contributed by atoms with Crippen LogP contribution in [0.3, 0.4) is 0 Å². The number of carboxylic acid groups (broad SMARTS) is 1. The van der Waals surface area contributed by atoms with E-state index in [0.29, 0.717) is 36.0 Å². The summed E-state index contributed by atoms with van der Waals surface area (Å²) in [5.74, 6) is 0.00225. The number of hydrogen-bond acceptors (Lipinski definition) is 6. The van der Waals surface area contributed by atoms with Gasteiger partial charge in [-0.1, -0.05) is 19.0 Å². The molecule has 0 spiro atoms. The van der Waals surface area contributed by atoms with E-state index in [1.54, 1.807) is 0 Å². The van der Waals surface area contributed by atoms with Gasteiger partial charge in [0.25, 0.3) is 0 Å². The van der Waals surface area contributed by atoms with Gasteiger partial charge in [-0.05, 0) is 31.7 Å². The molecule has 2 aromatic rings. The summed E-state index contributed by atoms with van der Waals surface area (Å²) < 4.78 is 5.13. The first-order valence-electron chi connectivity index (χ1n) is 8.43. The van der Waals surface area contributed by atoms with Gasteiger partial charge in [0, 0.05) is 24.1 Å². The monoisotopic (exact) mass is 365 g/mol. The summed E-state index contributed by atoms with van der Waals surface area (Å²) in [6.07, 6.45) is 3.71. The lowest BCUT2D eigenvalue weighted by Crippen LogP contribution is -2.13. The van der Waals surface area contributed by atoms with Crippen molar-refractivity contribution in [2.24, 2.45) is 0 Å². The van der Waals surface area contributed by atoms with E-state index in [2.05, 4.69) is 15.5 Å². The second-order valence-electron chi connectivity index (χ2n) is 5.76. The van der Waals surface area contributed by atoms with Gasteiger partial charge in [-0.2, -0.15) is 4.98 Å². The van der Waals surface area contributed by atoms with E-state index in [4.69, 9.17) is 4.52 Å². The van der Waals surface area contributed by atoms with Gasteiger partial charge in [0.15, 0.2) is 5.82 Å². The van der Waals surface area contributed by atoms with E-state index in [-0.39, 0.29) is 17.9 Å². The molecule has 25 heavy (non-hydrogen) atoms. The van der Waals surface area contributed by atoms with Crippen LogP contribution in [-0.4, -0.2) is 27.1 Å². The standard InChI is InChI=1S/C17H23N3O4S/c1-4-7-12-18-14(24-20-12)9-6-8-13(21)19-16-15(17(22)23)11(5-2)10(3)25-16/h4-9H2,1-3H3,(H,19,21)(H,22,23). The predicted octanol–water partition coefficient (Wildman–Crippen LogP) is 3.61. The normalized spacial score (nSPS) is 10.8. The number of nitrogens with zero attached hydrogens (tertiary/aromatic N) is 2. The second kappa shape index (κ2) is 8.75. The van der Waals surface area contributed by atoms with E-state index < -0.39 is 5.97 Å². The molecule has 8 heteroatoms. The van der Waals surface area contributed by atoms with Crippen LogP contribution in [0.1, 0.15) is 65.6 Å². The molecule has 0 aliphatic heterocycles. The largest absolute Gasteiger partial charge is 0.478 e. The number of nitrogens with one attached hydrogen (secondary N) is 1.